The standard InChI is InChI=1S/C12H17NO3S/c1-7(14)10-9(11(15)16-5)13-8(17-10)6-12(2,3)4/h6H2,1-5H3. The van der Waals surface area contributed by atoms with Crippen molar-refractivity contribution in [2.45, 2.75) is 34.1 Å². The average Bonchev–Trinajstić information content (AvgIpc) is 2.57. The SMILES string of the molecule is COC(=O)c1nc(CC(C)(C)C)sc1C(C)=O. The minimum Gasteiger partial charge on any atom is -0.464 e. The van der Waals surface area contributed by atoms with Crippen LogP contribution < -0.4 is 0 Å². The predicted molar refractivity (Wildman–Crippen MR) is 66.6 cm³/mol. The maximum atomic E-state index is 11.5. The number of carbonyl (C=O) groups excluding carboxylic acids is 2. The summed E-state index contributed by atoms with van der Waals surface area (Å²) in [6, 6.07) is 0. The number of hydrogen-bond acceptors (Lipinski definition) is 5. The van der Waals surface area contributed by atoms with E-state index < -0.39 is 5.97 Å². The molecule has 0 aliphatic rings. The van der Waals surface area contributed by atoms with Gasteiger partial charge in [-0.15, -0.1) is 11.3 Å². The molecule has 0 amide bonds. The number of rotatable bonds is 3. The molecule has 0 aromatic carbocycles. The molecule has 0 saturated heterocycles. The molecule has 17 heavy (non-hydrogen) atoms. The molecule has 5 heteroatoms. The Morgan fingerprint density at radius 2 is 1.94 bits per heavy atom. The van der Waals surface area contributed by atoms with Crippen molar-refractivity contribution in [3.8, 4) is 0 Å². The Labute approximate surface area is 105 Å². The van der Waals surface area contributed by atoms with Gasteiger partial charge in [-0.1, -0.05) is 20.8 Å². The van der Waals surface area contributed by atoms with Gasteiger partial charge in [-0.25, -0.2) is 9.78 Å². The quantitative estimate of drug-likeness (QED) is 0.615. The molecule has 0 fully saturated rings. The molecule has 0 unspecified atom stereocenters. The first-order valence-electron chi connectivity index (χ1n) is 5.33. The summed E-state index contributed by atoms with van der Waals surface area (Å²) in [5.74, 6) is -0.699. The highest BCUT2D eigenvalue weighted by molar-refractivity contribution is 7.14. The minimum atomic E-state index is -0.549. The van der Waals surface area contributed by atoms with E-state index >= 15 is 0 Å². The number of carbonyl (C=O) groups is 2. The number of Topliss-reactive ketones (excluding diaryl/α,β-unsaturated/α-hetero) is 1. The highest BCUT2D eigenvalue weighted by atomic mass is 32.1. The van der Waals surface area contributed by atoms with Crippen molar-refractivity contribution in [1.29, 1.82) is 0 Å². The molecule has 0 atom stereocenters. The lowest BCUT2D eigenvalue weighted by atomic mass is 9.93. The van der Waals surface area contributed by atoms with E-state index in [4.69, 9.17) is 0 Å². The average molecular weight is 255 g/mol. The summed E-state index contributed by atoms with van der Waals surface area (Å²) in [6.45, 7) is 7.68. The van der Waals surface area contributed by atoms with Crippen molar-refractivity contribution in [2.75, 3.05) is 7.11 Å². The third kappa shape index (κ3) is 3.63. The number of thiazole rings is 1. The van der Waals surface area contributed by atoms with E-state index in [9.17, 15) is 9.59 Å². The molecule has 94 valence electrons. The van der Waals surface area contributed by atoms with E-state index in [2.05, 4.69) is 30.5 Å². The number of esters is 1. The summed E-state index contributed by atoms with van der Waals surface area (Å²) in [7, 11) is 1.29. The number of ketones is 1. The second kappa shape index (κ2) is 4.96. The summed E-state index contributed by atoms with van der Waals surface area (Å²) >= 11 is 1.28. The molecule has 1 rings (SSSR count). The minimum absolute atomic E-state index is 0.0688. The Kier molecular flexibility index (Phi) is 4.03. The van der Waals surface area contributed by atoms with Gasteiger partial charge >= 0.3 is 5.97 Å². The largest absolute Gasteiger partial charge is 0.464 e. The molecule has 0 spiro atoms. The molecule has 4 nitrogen and oxygen atoms in total. The summed E-state index contributed by atoms with van der Waals surface area (Å²) < 4.78 is 4.62. The molecule has 0 saturated carbocycles. The van der Waals surface area contributed by atoms with Gasteiger partial charge in [-0.3, -0.25) is 4.79 Å². The lowest BCUT2D eigenvalue weighted by molar-refractivity contribution is 0.0591. The van der Waals surface area contributed by atoms with Crippen LogP contribution in [0.5, 0.6) is 0 Å². The monoisotopic (exact) mass is 255 g/mol. The lowest BCUT2D eigenvalue weighted by Crippen LogP contribution is -2.10. The molecule has 1 aromatic heterocycles. The van der Waals surface area contributed by atoms with Crippen LogP contribution in [0.2, 0.25) is 0 Å². The van der Waals surface area contributed by atoms with E-state index in [-0.39, 0.29) is 16.9 Å². The van der Waals surface area contributed by atoms with Gasteiger partial charge in [0.2, 0.25) is 0 Å². The van der Waals surface area contributed by atoms with E-state index in [1.165, 1.54) is 25.4 Å². The topological polar surface area (TPSA) is 56.3 Å². The lowest BCUT2D eigenvalue weighted by Gasteiger charge is -2.15. The number of aromatic nitrogens is 1. The summed E-state index contributed by atoms with van der Waals surface area (Å²) in [5.41, 5.74) is 0.212. The van der Waals surface area contributed by atoms with Crippen LogP contribution in [0.3, 0.4) is 0 Å². The van der Waals surface area contributed by atoms with E-state index in [1.54, 1.807) is 0 Å². The smallest absolute Gasteiger partial charge is 0.358 e. The van der Waals surface area contributed by atoms with E-state index in [0.29, 0.717) is 4.88 Å². The molecule has 0 radical (unpaired) electrons. The number of ether oxygens (including phenoxy) is 1. The van der Waals surface area contributed by atoms with Gasteiger partial charge in [0.25, 0.3) is 0 Å². The third-order valence-corrected chi connectivity index (χ3v) is 3.21. The fourth-order valence-corrected chi connectivity index (χ4v) is 2.61. The van der Waals surface area contributed by atoms with Gasteiger partial charge in [0.1, 0.15) is 4.88 Å². The Bertz CT molecular complexity index is 443. The van der Waals surface area contributed by atoms with Gasteiger partial charge in [0, 0.05) is 13.3 Å². The summed E-state index contributed by atoms with van der Waals surface area (Å²) in [4.78, 5) is 27.5. The maximum absolute atomic E-state index is 11.5. The fraction of sp³-hybridized carbons (Fsp3) is 0.583. The van der Waals surface area contributed by atoms with Crippen molar-refractivity contribution in [3.63, 3.8) is 0 Å². The molecular formula is C12H17NO3S. The molecule has 1 aromatic rings. The summed E-state index contributed by atoms with van der Waals surface area (Å²) in [5, 5.41) is 0.795. The Morgan fingerprint density at radius 3 is 2.35 bits per heavy atom. The first-order chi connectivity index (χ1) is 7.74. The van der Waals surface area contributed by atoms with Crippen LogP contribution in [0, 0.1) is 5.41 Å². The molecular weight excluding hydrogens is 238 g/mol. The second-order valence-electron chi connectivity index (χ2n) is 5.07. The van der Waals surface area contributed by atoms with Crippen molar-refractivity contribution in [3.05, 3.63) is 15.6 Å². The normalized spacial score (nSPS) is 11.4. The molecule has 1 heterocycles. The Morgan fingerprint density at radius 1 is 1.35 bits per heavy atom. The summed E-state index contributed by atoms with van der Waals surface area (Å²) in [6.07, 6.45) is 0.731. The van der Waals surface area contributed by atoms with Crippen LogP contribution in [0.15, 0.2) is 0 Å². The Hall–Kier alpha value is -1.23. The zero-order valence-corrected chi connectivity index (χ0v) is 11.6. The van der Waals surface area contributed by atoms with Crippen LogP contribution in [0.25, 0.3) is 0 Å². The van der Waals surface area contributed by atoms with Crippen molar-refractivity contribution >= 4 is 23.1 Å². The van der Waals surface area contributed by atoms with Gasteiger partial charge in [-0.2, -0.15) is 0 Å². The number of nitrogens with zero attached hydrogens (tertiary/aromatic N) is 1. The van der Waals surface area contributed by atoms with E-state index in [1.807, 2.05) is 0 Å². The highest BCUT2D eigenvalue weighted by Crippen LogP contribution is 2.27. The van der Waals surface area contributed by atoms with Crippen LogP contribution in [-0.2, 0) is 11.2 Å². The van der Waals surface area contributed by atoms with Crippen LogP contribution in [0.1, 0.15) is 52.9 Å². The Balaban J connectivity index is 3.13. The van der Waals surface area contributed by atoms with Crippen LogP contribution >= 0.6 is 11.3 Å². The molecule has 0 aliphatic heterocycles. The van der Waals surface area contributed by atoms with Crippen LogP contribution in [-0.4, -0.2) is 23.8 Å². The van der Waals surface area contributed by atoms with Gasteiger partial charge < -0.3 is 4.74 Å². The highest BCUT2D eigenvalue weighted by Gasteiger charge is 2.23. The first kappa shape index (κ1) is 13.8. The zero-order chi connectivity index (χ0) is 13.2. The zero-order valence-electron chi connectivity index (χ0n) is 10.8. The maximum Gasteiger partial charge on any atom is 0.358 e. The van der Waals surface area contributed by atoms with Gasteiger partial charge in [0.05, 0.1) is 12.1 Å². The van der Waals surface area contributed by atoms with E-state index in [0.717, 1.165) is 11.4 Å². The number of hydrogen-bond donors (Lipinski definition) is 0. The molecule has 0 aliphatic carbocycles. The molecule has 0 bridgehead atoms. The fourth-order valence-electron chi connectivity index (χ4n) is 1.37. The van der Waals surface area contributed by atoms with Crippen molar-refractivity contribution in [1.82, 2.24) is 4.98 Å². The third-order valence-electron chi connectivity index (χ3n) is 2.05. The van der Waals surface area contributed by atoms with Gasteiger partial charge in [0.15, 0.2) is 11.5 Å². The predicted octanol–water partition coefficient (Wildman–Crippen LogP) is 2.72. The van der Waals surface area contributed by atoms with Crippen molar-refractivity contribution in [2.24, 2.45) is 5.41 Å². The second-order valence-corrected chi connectivity index (χ2v) is 6.15. The molecule has 0 N–H and O–H groups in total. The van der Waals surface area contributed by atoms with Crippen LogP contribution in [0.4, 0.5) is 0 Å². The van der Waals surface area contributed by atoms with Crippen molar-refractivity contribution < 1.29 is 14.3 Å². The number of methoxy groups -OCH3 is 1. The first-order valence-corrected chi connectivity index (χ1v) is 6.15. The van der Waals surface area contributed by atoms with Gasteiger partial charge in [-0.05, 0) is 5.41 Å².